The first kappa shape index (κ1) is 42.5. The summed E-state index contributed by atoms with van der Waals surface area (Å²) in [6, 6.07) is 15.8. The summed E-state index contributed by atoms with van der Waals surface area (Å²) in [6.07, 6.45) is 8.95. The lowest BCUT2D eigenvalue weighted by Crippen LogP contribution is -2.54. The van der Waals surface area contributed by atoms with Gasteiger partial charge < -0.3 is 16.0 Å². The van der Waals surface area contributed by atoms with Gasteiger partial charge in [-0.05, 0) is 93.5 Å². The maximum absolute atomic E-state index is 13.4. The molecule has 0 saturated carbocycles. The van der Waals surface area contributed by atoms with Crippen LogP contribution >= 0.6 is 0 Å². The number of nitrogens with zero attached hydrogens (tertiary/aromatic N) is 3. The molecule has 0 amide bonds. The molecule has 0 aliphatic carbocycles. The second-order valence-electron chi connectivity index (χ2n) is 14.4. The number of anilines is 3. The molecular weight excluding hydrogens is 693 g/mol. The highest BCUT2D eigenvalue weighted by Gasteiger charge is 2.27. The van der Waals surface area contributed by atoms with Crippen LogP contribution in [0.4, 0.5) is 30.2 Å². The van der Waals surface area contributed by atoms with Crippen LogP contribution in [0, 0.1) is 17.5 Å². The number of carbonyl (C=O) groups excluding carboxylic acids is 3. The number of carbonyl (C=O) groups is 3. The largest absolute Gasteiger partial charge is 0.380 e. The van der Waals surface area contributed by atoms with Gasteiger partial charge in [0.2, 0.25) is 0 Å². The van der Waals surface area contributed by atoms with Gasteiger partial charge in [-0.25, -0.2) is 13.2 Å². The van der Waals surface area contributed by atoms with Crippen LogP contribution in [0.1, 0.15) is 90.4 Å². The van der Waals surface area contributed by atoms with Crippen molar-refractivity contribution in [2.24, 2.45) is 0 Å². The summed E-state index contributed by atoms with van der Waals surface area (Å²) in [7, 11) is 0. The molecule has 3 aliphatic rings. The van der Waals surface area contributed by atoms with Crippen molar-refractivity contribution in [3.63, 3.8) is 0 Å². The Morgan fingerprint density at radius 2 is 0.944 bits per heavy atom. The van der Waals surface area contributed by atoms with E-state index in [0.29, 0.717) is 24.1 Å². The number of halogens is 3. The number of benzene rings is 3. The van der Waals surface area contributed by atoms with Gasteiger partial charge in [0.25, 0.3) is 0 Å². The number of hydrogen-bond acceptors (Lipinski definition) is 9. The molecular formula is C42H57F3N6O3. The Bertz CT molecular complexity index is 1590. The third-order valence-corrected chi connectivity index (χ3v) is 9.84. The molecule has 3 aromatic rings. The Hall–Kier alpha value is -4.26. The fourth-order valence-corrected chi connectivity index (χ4v) is 6.53. The van der Waals surface area contributed by atoms with E-state index in [4.69, 9.17) is 0 Å². The molecule has 3 aromatic carbocycles. The highest BCUT2D eigenvalue weighted by Crippen LogP contribution is 2.22. The van der Waals surface area contributed by atoms with Crippen LogP contribution in [0.3, 0.4) is 0 Å². The Morgan fingerprint density at radius 3 is 1.33 bits per heavy atom. The summed E-state index contributed by atoms with van der Waals surface area (Å²) in [4.78, 5) is 38.7. The zero-order valence-electron chi connectivity index (χ0n) is 32.0. The molecule has 0 bridgehead atoms. The Morgan fingerprint density at radius 1 is 0.537 bits per heavy atom. The van der Waals surface area contributed by atoms with Crippen LogP contribution in [0.25, 0.3) is 0 Å². The van der Waals surface area contributed by atoms with Crippen molar-refractivity contribution in [2.75, 3.05) is 74.9 Å². The first-order chi connectivity index (χ1) is 26.2. The Kier molecular flexibility index (Phi) is 17.5. The zero-order chi connectivity index (χ0) is 38.9. The lowest BCUT2D eigenvalue weighted by atomic mass is 10.1. The molecule has 54 heavy (non-hydrogen) atoms. The molecule has 3 heterocycles. The van der Waals surface area contributed by atoms with Gasteiger partial charge in [0.15, 0.2) is 12.6 Å². The van der Waals surface area contributed by atoms with Crippen LogP contribution in [-0.2, 0) is 0 Å². The maximum Gasteiger partial charge on any atom is 0.155 e. The number of aldehydes is 3. The van der Waals surface area contributed by atoms with Crippen LogP contribution in [-0.4, -0.2) is 111 Å². The van der Waals surface area contributed by atoms with Gasteiger partial charge in [-0.3, -0.25) is 29.1 Å². The molecule has 0 spiro atoms. The topological polar surface area (TPSA) is 97.0 Å². The molecule has 9 nitrogen and oxygen atoms in total. The van der Waals surface area contributed by atoms with Gasteiger partial charge in [0.05, 0.1) is 29.3 Å². The molecule has 0 radical (unpaired) electrons. The third-order valence-electron chi connectivity index (χ3n) is 9.84. The number of nitrogens with one attached hydrogen (secondary N) is 3. The van der Waals surface area contributed by atoms with E-state index >= 15 is 0 Å². The molecule has 294 valence electrons. The highest BCUT2D eigenvalue weighted by molar-refractivity contribution is 5.77. The van der Waals surface area contributed by atoms with Gasteiger partial charge in [-0.2, -0.15) is 0 Å². The minimum Gasteiger partial charge on any atom is -0.380 e. The molecule has 3 saturated heterocycles. The first-order valence-electron chi connectivity index (χ1n) is 19.4. The van der Waals surface area contributed by atoms with Gasteiger partial charge >= 0.3 is 0 Å². The number of likely N-dealkylation sites (tertiary alicyclic amines) is 3. The average Bonchev–Trinajstić information content (AvgIpc) is 3.12. The van der Waals surface area contributed by atoms with Crippen molar-refractivity contribution < 1.29 is 27.6 Å². The quantitative estimate of drug-likeness (QED) is 0.114. The molecule has 12 heteroatoms. The number of unbranched alkanes of at least 4 members (excludes halogenated alkanes) is 3. The van der Waals surface area contributed by atoms with E-state index < -0.39 is 23.0 Å². The normalized spacial score (nSPS) is 16.3. The second kappa shape index (κ2) is 22.2. The lowest BCUT2D eigenvalue weighted by Gasteiger charge is -2.40. The Balaban J connectivity index is 0.000000181. The highest BCUT2D eigenvalue weighted by atomic mass is 19.1. The first-order valence-corrected chi connectivity index (χ1v) is 19.4. The molecule has 3 fully saturated rings. The zero-order valence-corrected chi connectivity index (χ0v) is 32.0. The average molecular weight is 751 g/mol. The van der Waals surface area contributed by atoms with E-state index in [-0.39, 0.29) is 17.9 Å². The summed E-state index contributed by atoms with van der Waals surface area (Å²) >= 11 is 0. The predicted molar refractivity (Wildman–Crippen MR) is 212 cm³/mol. The molecule has 0 unspecified atom stereocenters. The third kappa shape index (κ3) is 13.2. The lowest BCUT2D eigenvalue weighted by molar-refractivity contribution is 0.110. The van der Waals surface area contributed by atoms with Gasteiger partial charge in [0, 0.05) is 61.9 Å². The summed E-state index contributed by atoms with van der Waals surface area (Å²) in [6.45, 7) is 16.1. The van der Waals surface area contributed by atoms with Crippen LogP contribution < -0.4 is 16.0 Å². The second-order valence-corrected chi connectivity index (χ2v) is 14.4. The summed E-state index contributed by atoms with van der Waals surface area (Å²) in [5, 5.41) is 9.84. The number of rotatable bonds is 18. The van der Waals surface area contributed by atoms with E-state index in [9.17, 15) is 27.6 Å². The minimum absolute atomic E-state index is 0.110. The molecule has 3 aliphatic heterocycles. The summed E-state index contributed by atoms with van der Waals surface area (Å²) in [5.74, 6) is -2.10. The number of hydrogen-bond donors (Lipinski definition) is 3. The van der Waals surface area contributed by atoms with Crippen LogP contribution in [0.15, 0.2) is 54.6 Å². The molecule has 3 N–H and O–H groups in total. The predicted octanol–water partition coefficient (Wildman–Crippen LogP) is 7.60. The van der Waals surface area contributed by atoms with E-state index in [1.54, 1.807) is 6.07 Å². The monoisotopic (exact) mass is 750 g/mol. The van der Waals surface area contributed by atoms with Gasteiger partial charge in [-0.15, -0.1) is 0 Å². The SMILES string of the molecule is CCCCN1CC(Nc2cc(F)c(C=O)c(F)c2)C1.CCCCN1CC(Nc2ccc(C=O)c(F)c2)C1.CCCCN1CC(Nc2ccc(C=O)cc2)C1. The maximum atomic E-state index is 13.4. The summed E-state index contributed by atoms with van der Waals surface area (Å²) in [5.41, 5.74) is 2.57. The Labute approximate surface area is 318 Å². The standard InChI is InChI=1S/C14H18F2N2O.C14H19FN2O.C14H20N2O/c1-2-3-4-18-7-11(8-18)17-10-5-13(15)12(9-19)14(16)6-10;1-2-3-6-17-8-13(9-17)16-12-5-4-11(10-18)14(15)7-12;1-2-3-8-16-9-14(10-16)15-13-6-4-12(11-17)5-7-13/h5-6,9,11,17H,2-4,7-8H2,1H3;4-5,7,10,13,16H,2-3,6,8-9H2,1H3;4-7,11,14-15H,2-3,8-10H2,1H3. The van der Waals surface area contributed by atoms with Crippen LogP contribution in [0.5, 0.6) is 0 Å². The van der Waals surface area contributed by atoms with Gasteiger partial charge in [-0.1, -0.05) is 40.0 Å². The molecule has 0 atom stereocenters. The van der Waals surface area contributed by atoms with E-state index in [1.807, 2.05) is 24.3 Å². The minimum atomic E-state index is -0.820. The van der Waals surface area contributed by atoms with Crippen molar-refractivity contribution in [1.82, 2.24) is 14.7 Å². The van der Waals surface area contributed by atoms with Gasteiger partial charge in [0.1, 0.15) is 23.7 Å². The fraction of sp³-hybridized carbons (Fsp3) is 0.500. The van der Waals surface area contributed by atoms with E-state index in [0.717, 1.165) is 82.0 Å². The van der Waals surface area contributed by atoms with Crippen molar-refractivity contribution in [3.05, 3.63) is 88.7 Å². The van der Waals surface area contributed by atoms with Crippen LogP contribution in [0.2, 0.25) is 0 Å². The van der Waals surface area contributed by atoms with E-state index in [1.165, 1.54) is 62.9 Å². The smallest absolute Gasteiger partial charge is 0.155 e. The molecule has 0 aromatic heterocycles. The van der Waals surface area contributed by atoms with Crippen molar-refractivity contribution in [3.8, 4) is 0 Å². The van der Waals surface area contributed by atoms with E-state index in [2.05, 4.69) is 51.4 Å². The van der Waals surface area contributed by atoms with Crippen molar-refractivity contribution >= 4 is 35.9 Å². The fourth-order valence-electron chi connectivity index (χ4n) is 6.53. The van der Waals surface area contributed by atoms with Crippen molar-refractivity contribution in [1.29, 1.82) is 0 Å². The summed E-state index contributed by atoms with van der Waals surface area (Å²) < 4.78 is 40.2. The molecule has 6 rings (SSSR count). The van der Waals surface area contributed by atoms with Crippen molar-refractivity contribution in [2.45, 2.75) is 77.4 Å².